The average molecular weight is 678 g/mol. The monoisotopic (exact) mass is 678 g/mol. The quantitative estimate of drug-likeness (QED) is 0.0637. The molecule has 1 fully saturated rings. The van der Waals surface area contributed by atoms with Crippen LogP contribution < -0.4 is 16.0 Å². The maximum absolute atomic E-state index is 12.5. The van der Waals surface area contributed by atoms with Crippen LogP contribution in [0.4, 0.5) is 9.59 Å². The van der Waals surface area contributed by atoms with Crippen molar-refractivity contribution in [3.05, 3.63) is 0 Å². The maximum atomic E-state index is 12.5. The lowest BCUT2D eigenvalue weighted by atomic mass is 10.1. The van der Waals surface area contributed by atoms with Crippen LogP contribution in [0.1, 0.15) is 147 Å². The molecule has 272 valence electrons. The fourth-order valence-corrected chi connectivity index (χ4v) is 7.58. The van der Waals surface area contributed by atoms with Gasteiger partial charge in [0.15, 0.2) is 0 Å². The van der Waals surface area contributed by atoms with Crippen molar-refractivity contribution in [1.82, 2.24) is 25.8 Å². The second kappa shape index (κ2) is 33.1. The maximum Gasteiger partial charge on any atom is 0.317 e. The summed E-state index contributed by atoms with van der Waals surface area (Å²) in [5.41, 5.74) is 0. The van der Waals surface area contributed by atoms with Gasteiger partial charge in [0.1, 0.15) is 0 Å². The first-order valence-electron chi connectivity index (χ1n) is 19.1. The first kappa shape index (κ1) is 42.2. The van der Waals surface area contributed by atoms with Crippen LogP contribution in [0.5, 0.6) is 0 Å². The van der Waals surface area contributed by atoms with Crippen LogP contribution in [0.3, 0.4) is 0 Å². The van der Waals surface area contributed by atoms with Gasteiger partial charge in [-0.15, -0.1) is 0 Å². The lowest BCUT2D eigenvalue weighted by molar-refractivity contribution is 0.140. The third-order valence-corrected chi connectivity index (χ3v) is 11.0. The number of carbonyl (C=O) groups excluding carboxylic acids is 2. The van der Waals surface area contributed by atoms with Crippen molar-refractivity contribution in [2.45, 2.75) is 142 Å². The number of rotatable bonds is 31. The number of unbranched alkanes of at least 4 members (excludes halogenated alkanes) is 16. The van der Waals surface area contributed by atoms with E-state index in [1.54, 1.807) is 0 Å². The number of piperazine rings is 1. The minimum atomic E-state index is -0.0664. The van der Waals surface area contributed by atoms with Crippen LogP contribution >= 0.6 is 23.5 Å². The predicted molar refractivity (Wildman–Crippen MR) is 207 cm³/mol. The predicted octanol–water partition coefficient (Wildman–Crippen LogP) is 9.66. The largest absolute Gasteiger partial charge is 0.338 e. The second-order valence-electron chi connectivity index (χ2n) is 12.8. The summed E-state index contributed by atoms with van der Waals surface area (Å²) in [5, 5.41) is 9.08. The minimum absolute atomic E-state index is 0. The molecule has 0 aromatic rings. The summed E-state index contributed by atoms with van der Waals surface area (Å²) < 4.78 is 0. The first-order valence-corrected chi connectivity index (χ1v) is 21.4. The van der Waals surface area contributed by atoms with E-state index >= 15 is 0 Å². The highest BCUT2D eigenvalue weighted by molar-refractivity contribution is 7.99. The Balaban J connectivity index is -0.00000675. The van der Waals surface area contributed by atoms with E-state index in [4.69, 9.17) is 0 Å². The number of nitrogens with one attached hydrogen (secondary N) is 3. The zero-order valence-electron chi connectivity index (χ0n) is 29.7. The van der Waals surface area contributed by atoms with Gasteiger partial charge in [-0.25, -0.2) is 9.59 Å². The molecule has 9 heteroatoms. The highest BCUT2D eigenvalue weighted by Crippen LogP contribution is 2.13. The van der Waals surface area contributed by atoms with Gasteiger partial charge in [-0.3, -0.25) is 4.90 Å². The Morgan fingerprint density at radius 2 is 0.911 bits per heavy atom. The summed E-state index contributed by atoms with van der Waals surface area (Å²) >= 11 is 4.05. The summed E-state index contributed by atoms with van der Waals surface area (Å²) in [6, 6.07) is 0.00528. The number of hydrogen-bond donors (Lipinski definition) is 3. The molecule has 0 aromatic heterocycles. The number of hydrogen-bond acceptors (Lipinski definition) is 5. The van der Waals surface area contributed by atoms with Gasteiger partial charge in [0, 0.05) is 56.6 Å². The minimum Gasteiger partial charge on any atom is -0.338 e. The Kier molecular flexibility index (Phi) is 31.1. The van der Waals surface area contributed by atoms with Crippen molar-refractivity contribution in [3.63, 3.8) is 0 Å². The molecule has 0 atom stereocenters. The summed E-state index contributed by atoms with van der Waals surface area (Å²) in [6.07, 6.45) is 27.0. The molecule has 0 spiro atoms. The van der Waals surface area contributed by atoms with Crippen molar-refractivity contribution < 1.29 is 13.9 Å². The van der Waals surface area contributed by atoms with Crippen LogP contribution in [0.25, 0.3) is 0 Å². The molecule has 4 amide bonds. The highest BCUT2D eigenvalue weighted by Gasteiger charge is 2.20. The lowest BCUT2D eigenvalue weighted by Gasteiger charge is -2.34. The molecule has 1 aliphatic rings. The van der Waals surface area contributed by atoms with Crippen molar-refractivity contribution in [1.29, 1.82) is 0 Å². The molecule has 1 rings (SSSR count). The number of nitrogens with zero attached hydrogens (tertiary/aromatic N) is 2. The van der Waals surface area contributed by atoms with E-state index in [1.807, 2.05) is 28.4 Å². The first-order chi connectivity index (χ1) is 22.2. The topological polar surface area (TPSA) is 76.7 Å². The number of carbonyl (C=O) groups is 2. The summed E-state index contributed by atoms with van der Waals surface area (Å²) in [5.74, 6) is 4.74. The van der Waals surface area contributed by atoms with E-state index in [0.29, 0.717) is 6.54 Å². The molecular weight excluding hydrogens is 599 g/mol. The van der Waals surface area contributed by atoms with Gasteiger partial charge >= 0.3 is 12.1 Å². The number of thioether (sulfide) groups is 2. The van der Waals surface area contributed by atoms with Crippen LogP contribution in [0, 0.1) is 0 Å². The molecule has 45 heavy (non-hydrogen) atoms. The van der Waals surface area contributed by atoms with Gasteiger partial charge in [0.25, 0.3) is 0 Å². The van der Waals surface area contributed by atoms with Crippen LogP contribution in [-0.4, -0.2) is 97.2 Å². The molecule has 0 saturated carbocycles. The van der Waals surface area contributed by atoms with Gasteiger partial charge in [0.2, 0.25) is 0 Å². The SMILES string of the molecule is CCCCCCCCCCCSCCCNC(=O)NCCN1CCN(C(=O)NCCCSCCCCCCCCCCC)CC1.[HH].[HH].[HH]. The van der Waals surface area contributed by atoms with E-state index < -0.39 is 0 Å². The summed E-state index contributed by atoms with van der Waals surface area (Å²) in [4.78, 5) is 28.9. The third-order valence-electron chi connectivity index (χ3n) is 8.65. The molecule has 0 aromatic carbocycles. The van der Waals surface area contributed by atoms with Gasteiger partial charge in [-0.05, 0) is 48.7 Å². The van der Waals surface area contributed by atoms with Crippen LogP contribution in [-0.2, 0) is 0 Å². The van der Waals surface area contributed by atoms with Crippen molar-refractivity contribution >= 4 is 35.6 Å². The second-order valence-corrected chi connectivity index (χ2v) is 15.3. The van der Waals surface area contributed by atoms with Crippen molar-refractivity contribution in [2.24, 2.45) is 0 Å². The fraction of sp³-hybridized carbons (Fsp3) is 0.944. The summed E-state index contributed by atoms with van der Waals surface area (Å²) in [7, 11) is 0. The van der Waals surface area contributed by atoms with Crippen LogP contribution in [0.15, 0.2) is 0 Å². The molecule has 1 saturated heterocycles. The fourth-order valence-electron chi connectivity index (χ4n) is 5.66. The number of amides is 4. The van der Waals surface area contributed by atoms with E-state index in [0.717, 1.165) is 70.2 Å². The van der Waals surface area contributed by atoms with Crippen molar-refractivity contribution in [3.8, 4) is 0 Å². The molecular formula is C36H79N5O2S2. The molecule has 1 heterocycles. The lowest BCUT2D eigenvalue weighted by Crippen LogP contribution is -2.53. The standard InChI is InChI=1S/C36H73N5O2S2.3H2/c1-3-5-7-9-11-13-15-17-19-31-44-33-21-23-37-35(42)38-25-26-40-27-29-41(30-28-40)36(43)39-24-22-34-45-32-20-18-16-14-12-10-8-6-4-2;;;/h3-34H2,1-2H3,(H,39,43)(H2,37,38,42);3*1H. The van der Waals surface area contributed by atoms with Crippen molar-refractivity contribution in [2.75, 3.05) is 75.4 Å². The zero-order valence-corrected chi connectivity index (χ0v) is 31.3. The molecule has 0 bridgehead atoms. The van der Waals surface area contributed by atoms with E-state index in [1.165, 1.54) is 127 Å². The molecule has 0 aliphatic carbocycles. The summed E-state index contributed by atoms with van der Waals surface area (Å²) in [6.45, 7) is 10.8. The van der Waals surface area contributed by atoms with Gasteiger partial charge in [-0.2, -0.15) is 23.5 Å². The zero-order chi connectivity index (χ0) is 32.5. The Labute approximate surface area is 292 Å². The van der Waals surface area contributed by atoms with E-state index in [2.05, 4.69) is 34.7 Å². The Hall–Kier alpha value is -0.800. The average Bonchev–Trinajstić information content (AvgIpc) is 3.05. The smallest absolute Gasteiger partial charge is 0.317 e. The Morgan fingerprint density at radius 1 is 0.511 bits per heavy atom. The highest BCUT2D eigenvalue weighted by atomic mass is 32.2. The normalized spacial score (nSPS) is 13.7. The van der Waals surface area contributed by atoms with Gasteiger partial charge in [0.05, 0.1) is 0 Å². The molecule has 0 radical (unpaired) electrons. The van der Waals surface area contributed by atoms with Crippen LogP contribution in [0.2, 0.25) is 0 Å². The van der Waals surface area contributed by atoms with E-state index in [9.17, 15) is 9.59 Å². The number of urea groups is 2. The Morgan fingerprint density at radius 3 is 1.40 bits per heavy atom. The molecule has 0 unspecified atom stereocenters. The molecule has 1 aliphatic heterocycles. The van der Waals surface area contributed by atoms with E-state index in [-0.39, 0.29) is 16.3 Å². The van der Waals surface area contributed by atoms with Gasteiger partial charge in [-0.1, -0.05) is 117 Å². The van der Waals surface area contributed by atoms with Gasteiger partial charge < -0.3 is 20.9 Å². The third kappa shape index (κ3) is 28.0. The molecule has 3 N–H and O–H groups in total. The molecule has 7 nitrogen and oxygen atoms in total. The Bertz CT molecular complexity index is 679.